The SMILES string of the molecule is Cc1ccc(CC(=O)N/N=C\c2ccc(I)o2)c(C)c1. The molecule has 0 fully saturated rings. The number of carbonyl (C=O) groups is 1. The van der Waals surface area contributed by atoms with E-state index >= 15 is 0 Å². The fourth-order valence-corrected chi connectivity index (χ4v) is 2.26. The van der Waals surface area contributed by atoms with E-state index in [2.05, 4.69) is 39.2 Å². The molecule has 2 rings (SSSR count). The van der Waals surface area contributed by atoms with Gasteiger partial charge in [0.05, 0.1) is 12.6 Å². The van der Waals surface area contributed by atoms with E-state index in [1.165, 1.54) is 11.8 Å². The van der Waals surface area contributed by atoms with Gasteiger partial charge in [0, 0.05) is 0 Å². The van der Waals surface area contributed by atoms with Gasteiger partial charge in [0.15, 0.2) is 3.77 Å². The minimum Gasteiger partial charge on any atom is -0.449 e. The number of aryl methyl sites for hydroxylation is 2. The van der Waals surface area contributed by atoms with Gasteiger partial charge in [-0.2, -0.15) is 5.10 Å². The summed E-state index contributed by atoms with van der Waals surface area (Å²) >= 11 is 2.07. The molecule has 0 unspecified atom stereocenters. The highest BCUT2D eigenvalue weighted by atomic mass is 127. The Balaban J connectivity index is 1.91. The number of rotatable bonds is 4. The molecule has 104 valence electrons. The Bertz CT molecular complexity index is 647. The zero-order chi connectivity index (χ0) is 14.5. The molecule has 2 aromatic rings. The second-order valence-corrected chi connectivity index (χ2v) is 5.60. The maximum atomic E-state index is 11.8. The molecule has 0 aliphatic rings. The lowest BCUT2D eigenvalue weighted by Crippen LogP contribution is -2.20. The average Bonchev–Trinajstić information content (AvgIpc) is 2.79. The lowest BCUT2D eigenvalue weighted by molar-refractivity contribution is -0.120. The molecule has 1 amide bonds. The molecular weight excluding hydrogens is 367 g/mol. The van der Waals surface area contributed by atoms with E-state index in [1.54, 1.807) is 6.07 Å². The van der Waals surface area contributed by atoms with Crippen LogP contribution in [0.25, 0.3) is 0 Å². The van der Waals surface area contributed by atoms with Crippen LogP contribution in [0.5, 0.6) is 0 Å². The highest BCUT2D eigenvalue weighted by Crippen LogP contribution is 2.11. The number of nitrogens with one attached hydrogen (secondary N) is 1. The Labute approximate surface area is 131 Å². The van der Waals surface area contributed by atoms with E-state index in [-0.39, 0.29) is 5.91 Å². The van der Waals surface area contributed by atoms with E-state index in [1.807, 2.05) is 32.0 Å². The first-order valence-corrected chi connectivity index (χ1v) is 7.26. The fourth-order valence-electron chi connectivity index (χ4n) is 1.82. The predicted molar refractivity (Wildman–Crippen MR) is 86.8 cm³/mol. The summed E-state index contributed by atoms with van der Waals surface area (Å²) in [4.78, 5) is 11.8. The second-order valence-electron chi connectivity index (χ2n) is 4.54. The summed E-state index contributed by atoms with van der Waals surface area (Å²) in [6.07, 6.45) is 1.81. The lowest BCUT2D eigenvalue weighted by Gasteiger charge is -2.05. The molecular formula is C15H15IN2O2. The highest BCUT2D eigenvalue weighted by Gasteiger charge is 2.05. The van der Waals surface area contributed by atoms with Gasteiger partial charge in [0.2, 0.25) is 5.91 Å². The standard InChI is InChI=1S/C15H15IN2O2/c1-10-3-4-12(11(2)7-10)8-15(19)18-17-9-13-5-6-14(16)20-13/h3-7,9H,8H2,1-2H3,(H,18,19)/b17-9-. The Morgan fingerprint density at radius 3 is 2.80 bits per heavy atom. The molecule has 5 heteroatoms. The Morgan fingerprint density at radius 2 is 2.15 bits per heavy atom. The van der Waals surface area contributed by atoms with Crippen LogP contribution in [0, 0.1) is 17.6 Å². The molecule has 0 radical (unpaired) electrons. The number of hydrogen-bond acceptors (Lipinski definition) is 3. The van der Waals surface area contributed by atoms with Crippen molar-refractivity contribution >= 4 is 34.7 Å². The van der Waals surface area contributed by atoms with Crippen molar-refractivity contribution in [1.82, 2.24) is 5.43 Å². The van der Waals surface area contributed by atoms with Gasteiger partial charge in [-0.25, -0.2) is 5.43 Å². The van der Waals surface area contributed by atoms with E-state index in [0.29, 0.717) is 12.2 Å². The summed E-state index contributed by atoms with van der Waals surface area (Å²) in [5, 5.41) is 3.88. The van der Waals surface area contributed by atoms with Gasteiger partial charge in [-0.05, 0) is 59.7 Å². The van der Waals surface area contributed by atoms with Crippen molar-refractivity contribution < 1.29 is 9.21 Å². The van der Waals surface area contributed by atoms with Crippen molar-refractivity contribution in [2.45, 2.75) is 20.3 Å². The monoisotopic (exact) mass is 382 g/mol. The summed E-state index contributed by atoms with van der Waals surface area (Å²) in [5.41, 5.74) is 5.82. The smallest absolute Gasteiger partial charge is 0.244 e. The van der Waals surface area contributed by atoms with Crippen LogP contribution < -0.4 is 5.43 Å². The summed E-state index contributed by atoms with van der Waals surface area (Å²) in [5.74, 6) is 0.468. The minimum atomic E-state index is -0.144. The molecule has 0 atom stereocenters. The van der Waals surface area contributed by atoms with E-state index < -0.39 is 0 Å². The third-order valence-corrected chi connectivity index (χ3v) is 3.40. The predicted octanol–water partition coefficient (Wildman–Crippen LogP) is 3.19. The zero-order valence-corrected chi connectivity index (χ0v) is 13.5. The lowest BCUT2D eigenvalue weighted by atomic mass is 10.0. The van der Waals surface area contributed by atoms with Crippen LogP contribution in [-0.4, -0.2) is 12.1 Å². The van der Waals surface area contributed by atoms with Crippen LogP contribution in [0.15, 0.2) is 39.9 Å². The largest absolute Gasteiger partial charge is 0.449 e. The van der Waals surface area contributed by atoms with Gasteiger partial charge in [-0.15, -0.1) is 0 Å². The molecule has 0 spiro atoms. The number of nitrogens with zero attached hydrogens (tertiary/aromatic N) is 1. The van der Waals surface area contributed by atoms with Crippen molar-refractivity contribution in [3.63, 3.8) is 0 Å². The molecule has 20 heavy (non-hydrogen) atoms. The van der Waals surface area contributed by atoms with Gasteiger partial charge >= 0.3 is 0 Å². The molecule has 0 saturated carbocycles. The summed E-state index contributed by atoms with van der Waals surface area (Å²) in [6, 6.07) is 9.67. The first-order chi connectivity index (χ1) is 9.54. The maximum absolute atomic E-state index is 11.8. The van der Waals surface area contributed by atoms with Crippen LogP contribution >= 0.6 is 22.6 Å². The Morgan fingerprint density at radius 1 is 1.35 bits per heavy atom. The van der Waals surface area contributed by atoms with Crippen LogP contribution in [0.2, 0.25) is 0 Å². The van der Waals surface area contributed by atoms with Crippen molar-refractivity contribution in [2.24, 2.45) is 5.10 Å². The van der Waals surface area contributed by atoms with Crippen molar-refractivity contribution in [3.8, 4) is 0 Å². The molecule has 0 saturated heterocycles. The van der Waals surface area contributed by atoms with Gasteiger partial charge in [0.1, 0.15) is 5.76 Å². The minimum absolute atomic E-state index is 0.144. The Kier molecular flexibility index (Phi) is 4.94. The molecule has 1 heterocycles. The molecule has 0 bridgehead atoms. The summed E-state index contributed by atoms with van der Waals surface area (Å²) < 4.78 is 6.08. The van der Waals surface area contributed by atoms with Crippen LogP contribution in [0.4, 0.5) is 0 Å². The van der Waals surface area contributed by atoms with Crippen molar-refractivity contribution in [1.29, 1.82) is 0 Å². The van der Waals surface area contributed by atoms with E-state index in [4.69, 9.17) is 4.42 Å². The van der Waals surface area contributed by atoms with Crippen LogP contribution in [-0.2, 0) is 11.2 Å². The van der Waals surface area contributed by atoms with Gasteiger partial charge in [-0.3, -0.25) is 4.79 Å². The third-order valence-electron chi connectivity index (χ3n) is 2.82. The third kappa shape index (κ3) is 4.19. The average molecular weight is 382 g/mol. The molecule has 1 N–H and O–H groups in total. The molecule has 0 aliphatic heterocycles. The van der Waals surface area contributed by atoms with Gasteiger partial charge < -0.3 is 4.42 Å². The van der Waals surface area contributed by atoms with Crippen LogP contribution in [0.1, 0.15) is 22.5 Å². The zero-order valence-electron chi connectivity index (χ0n) is 11.3. The number of carbonyl (C=O) groups excluding carboxylic acids is 1. The molecule has 4 nitrogen and oxygen atoms in total. The van der Waals surface area contributed by atoms with Gasteiger partial charge in [0.25, 0.3) is 0 Å². The number of halogens is 1. The maximum Gasteiger partial charge on any atom is 0.244 e. The topological polar surface area (TPSA) is 54.6 Å². The quantitative estimate of drug-likeness (QED) is 0.502. The van der Waals surface area contributed by atoms with Crippen LogP contribution in [0.3, 0.4) is 0 Å². The van der Waals surface area contributed by atoms with E-state index in [0.717, 1.165) is 14.9 Å². The first-order valence-electron chi connectivity index (χ1n) is 6.18. The first kappa shape index (κ1) is 14.8. The number of amides is 1. The Hall–Kier alpha value is -1.63. The van der Waals surface area contributed by atoms with E-state index in [9.17, 15) is 4.79 Å². The normalized spacial score (nSPS) is 10.9. The molecule has 1 aromatic heterocycles. The highest BCUT2D eigenvalue weighted by molar-refractivity contribution is 14.1. The number of hydrazone groups is 1. The summed E-state index contributed by atoms with van der Waals surface area (Å²) in [6.45, 7) is 4.04. The fraction of sp³-hybridized carbons (Fsp3) is 0.200. The molecule has 0 aliphatic carbocycles. The second kappa shape index (κ2) is 6.69. The number of hydrogen-bond donors (Lipinski definition) is 1. The number of furan rings is 1. The summed E-state index contributed by atoms with van der Waals surface area (Å²) in [7, 11) is 0. The van der Waals surface area contributed by atoms with Crippen molar-refractivity contribution in [3.05, 3.63) is 56.5 Å². The van der Waals surface area contributed by atoms with Crippen molar-refractivity contribution in [2.75, 3.05) is 0 Å². The number of benzene rings is 1. The molecule has 1 aromatic carbocycles. The van der Waals surface area contributed by atoms with Gasteiger partial charge in [-0.1, -0.05) is 23.8 Å².